The molecule has 2 aliphatic heterocycles. The fourth-order valence-electron chi connectivity index (χ4n) is 7.37. The zero-order valence-corrected chi connectivity index (χ0v) is 26.9. The maximum Gasteiger partial charge on any atom is 0.206 e. The van der Waals surface area contributed by atoms with Crippen LogP contribution in [-0.2, 0) is 13.1 Å². The van der Waals surface area contributed by atoms with Gasteiger partial charge < -0.3 is 29.7 Å². The van der Waals surface area contributed by atoms with Crippen LogP contribution in [0.5, 0.6) is 0 Å². The highest BCUT2D eigenvalue weighted by Gasteiger charge is 2.30. The van der Waals surface area contributed by atoms with Crippen LogP contribution in [0.3, 0.4) is 0 Å². The third-order valence-electron chi connectivity index (χ3n) is 9.92. The van der Waals surface area contributed by atoms with Gasteiger partial charge in [0.05, 0.1) is 35.2 Å². The van der Waals surface area contributed by atoms with E-state index in [-0.39, 0.29) is 17.1 Å². The van der Waals surface area contributed by atoms with Gasteiger partial charge in [-0.2, -0.15) is 0 Å². The maximum atomic E-state index is 13.6. The van der Waals surface area contributed by atoms with Crippen LogP contribution in [0.15, 0.2) is 97.1 Å². The van der Waals surface area contributed by atoms with Crippen molar-refractivity contribution in [3.05, 3.63) is 120 Å². The van der Waals surface area contributed by atoms with Crippen LogP contribution >= 0.6 is 0 Å². The molecule has 0 unspecified atom stereocenters. The van der Waals surface area contributed by atoms with E-state index in [1.807, 2.05) is 42.5 Å². The highest BCUT2D eigenvalue weighted by Crippen LogP contribution is 2.30. The number of fused-ring (bicyclic) bond motifs is 2. The van der Waals surface area contributed by atoms with Gasteiger partial charge in [0.1, 0.15) is 11.6 Å². The lowest BCUT2D eigenvalue weighted by molar-refractivity contribution is 0.135. The molecule has 4 heterocycles. The summed E-state index contributed by atoms with van der Waals surface area (Å²) in [6.07, 6.45) is 4.33. The van der Waals surface area contributed by atoms with Crippen molar-refractivity contribution in [2.24, 2.45) is 0 Å². The van der Waals surface area contributed by atoms with Crippen molar-refractivity contribution in [1.82, 2.24) is 24.0 Å². The van der Waals surface area contributed by atoms with Crippen LogP contribution in [-0.4, -0.2) is 67.7 Å². The highest BCUT2D eigenvalue weighted by atomic mass is 19.1. The lowest BCUT2D eigenvalue weighted by Gasteiger charge is -2.42. The molecule has 0 saturated carbocycles. The Morgan fingerprint density at radius 3 is 1.73 bits per heavy atom. The third kappa shape index (κ3) is 6.50. The number of anilines is 2. The molecule has 2 saturated heterocycles. The number of rotatable bonds is 8. The first kappa shape index (κ1) is 31.8. The molecule has 8 nitrogen and oxygen atoms in total. The van der Waals surface area contributed by atoms with Gasteiger partial charge in [0.2, 0.25) is 11.9 Å². The quantitative estimate of drug-likeness (QED) is 0.204. The number of aromatic nitrogens is 4. The summed E-state index contributed by atoms with van der Waals surface area (Å²) in [6.45, 7) is 5.34. The van der Waals surface area contributed by atoms with Crippen molar-refractivity contribution in [1.29, 1.82) is 0 Å². The highest BCUT2D eigenvalue weighted by molar-refractivity contribution is 5.79. The summed E-state index contributed by atoms with van der Waals surface area (Å²) in [5.74, 6) is 1.45. The van der Waals surface area contributed by atoms with E-state index in [0.29, 0.717) is 25.2 Å². The van der Waals surface area contributed by atoms with E-state index in [2.05, 4.69) is 54.6 Å². The van der Waals surface area contributed by atoms with Gasteiger partial charge in [-0.25, -0.2) is 18.7 Å². The summed E-state index contributed by atoms with van der Waals surface area (Å²) >= 11 is 0. The molecule has 3 N–H and O–H groups in total. The summed E-state index contributed by atoms with van der Waals surface area (Å²) in [5.41, 5.74) is 6.25. The molecule has 2 aliphatic rings. The first-order chi connectivity index (χ1) is 23.1. The smallest absolute Gasteiger partial charge is 0.206 e. The number of para-hydroxylation sites is 4. The van der Waals surface area contributed by atoms with E-state index in [1.54, 1.807) is 0 Å². The molecule has 8 rings (SSSR count). The predicted molar refractivity (Wildman–Crippen MR) is 188 cm³/mol. The molecule has 4 aromatic carbocycles. The largest absolute Gasteiger partial charge is 0.412 e. The zero-order valence-electron chi connectivity index (χ0n) is 26.9. The number of halogens is 2. The number of likely N-dealkylation sites (tertiary alicyclic amines) is 1. The van der Waals surface area contributed by atoms with E-state index in [9.17, 15) is 8.78 Å². The van der Waals surface area contributed by atoms with Crippen LogP contribution in [0.2, 0.25) is 0 Å². The van der Waals surface area contributed by atoms with E-state index < -0.39 is 0 Å². The van der Waals surface area contributed by atoms with Gasteiger partial charge in [-0.15, -0.1) is 0 Å². The minimum atomic E-state index is -0.221. The second kappa shape index (κ2) is 13.7. The Morgan fingerprint density at radius 2 is 1.12 bits per heavy atom. The number of benzene rings is 4. The molecule has 10 heteroatoms. The third-order valence-corrected chi connectivity index (χ3v) is 9.92. The fraction of sp³-hybridized carbons (Fsp3) is 0.316. The van der Waals surface area contributed by atoms with E-state index in [4.69, 9.17) is 9.97 Å². The van der Waals surface area contributed by atoms with Crippen molar-refractivity contribution in [3.8, 4) is 0 Å². The van der Waals surface area contributed by atoms with Crippen molar-refractivity contribution < 1.29 is 14.3 Å². The molecule has 0 spiro atoms. The second-order valence-electron chi connectivity index (χ2n) is 12.9. The van der Waals surface area contributed by atoms with Gasteiger partial charge in [-0.05, 0) is 85.3 Å². The molecule has 0 atom stereocenters. The molecule has 2 aromatic heterocycles. The average Bonchev–Trinajstić information content (AvgIpc) is 3.65. The van der Waals surface area contributed by atoms with Gasteiger partial charge in [0, 0.05) is 38.3 Å². The summed E-state index contributed by atoms with van der Waals surface area (Å²) < 4.78 is 31.6. The minimum absolute atomic E-state index is 0. The number of hydrogen-bond acceptors (Lipinski definition) is 5. The van der Waals surface area contributed by atoms with Crippen LogP contribution in [0.1, 0.15) is 36.8 Å². The Labute approximate surface area is 278 Å². The number of nitrogens with one attached hydrogen (secondary N) is 1. The summed E-state index contributed by atoms with van der Waals surface area (Å²) in [5, 5.41) is 3.78. The number of imidazole rings is 2. The predicted octanol–water partition coefficient (Wildman–Crippen LogP) is 6.48. The maximum absolute atomic E-state index is 13.6. The van der Waals surface area contributed by atoms with E-state index in [1.165, 1.54) is 24.3 Å². The number of piperidine rings is 2. The number of hydrogen-bond donors (Lipinski definition) is 1. The molecule has 0 aliphatic carbocycles. The van der Waals surface area contributed by atoms with Crippen molar-refractivity contribution >= 4 is 34.0 Å². The Bertz CT molecular complexity index is 1970. The van der Waals surface area contributed by atoms with E-state index in [0.717, 1.165) is 97.0 Å². The summed E-state index contributed by atoms with van der Waals surface area (Å²) in [7, 11) is 0. The average molecular weight is 650 g/mol. The van der Waals surface area contributed by atoms with Crippen molar-refractivity contribution in [3.63, 3.8) is 0 Å². The van der Waals surface area contributed by atoms with Crippen LogP contribution in [0.4, 0.5) is 20.7 Å². The fourth-order valence-corrected chi connectivity index (χ4v) is 7.37. The van der Waals surface area contributed by atoms with Gasteiger partial charge >= 0.3 is 0 Å². The Hall–Kier alpha value is -4.80. The van der Waals surface area contributed by atoms with Gasteiger partial charge in [-0.3, -0.25) is 0 Å². The van der Waals surface area contributed by atoms with Crippen LogP contribution < -0.4 is 10.2 Å². The summed E-state index contributed by atoms with van der Waals surface area (Å²) in [6, 6.07) is 30.9. The molecular weight excluding hydrogens is 608 g/mol. The second-order valence-corrected chi connectivity index (χ2v) is 12.9. The topological polar surface area (TPSA) is 85.7 Å². The lowest BCUT2D eigenvalue weighted by Crippen LogP contribution is -2.49. The Balaban J connectivity index is 0.00000364. The molecule has 0 radical (unpaired) electrons. The number of nitrogens with zero attached hydrogens (tertiary/aromatic N) is 6. The Morgan fingerprint density at radius 1 is 0.604 bits per heavy atom. The van der Waals surface area contributed by atoms with Crippen LogP contribution in [0.25, 0.3) is 22.1 Å². The van der Waals surface area contributed by atoms with Crippen molar-refractivity contribution in [2.75, 3.05) is 36.4 Å². The normalized spacial score (nSPS) is 16.4. The zero-order chi connectivity index (χ0) is 31.7. The molecule has 2 fully saturated rings. The standard InChI is InChI=1S/C38H39F2N7.H2O/c39-29-13-9-27(10-14-29)25-46-35-7-3-1-5-33(35)42-37(46)41-31-17-21-44(22-18-31)32-19-23-45(24-20-32)38-43-34-6-2-4-8-36(34)47(38)26-28-11-15-30(40)16-12-28;/h1-16,31-32H,17-26H2,(H,41,42);1H2. The monoisotopic (exact) mass is 649 g/mol. The molecule has 6 aromatic rings. The van der Waals surface area contributed by atoms with Gasteiger partial charge in [0.25, 0.3) is 0 Å². The van der Waals surface area contributed by atoms with Gasteiger partial charge in [-0.1, -0.05) is 48.5 Å². The van der Waals surface area contributed by atoms with E-state index >= 15 is 0 Å². The minimum Gasteiger partial charge on any atom is -0.412 e. The summed E-state index contributed by atoms with van der Waals surface area (Å²) in [4.78, 5) is 15.1. The Kier molecular flexibility index (Phi) is 9.10. The molecule has 0 bridgehead atoms. The SMILES string of the molecule is Fc1ccc(Cn2c(NC3CCN(C4CCN(c5nc6ccccc6n5Cc5ccc(F)cc5)CC4)CC3)nc3ccccc32)cc1.O. The lowest BCUT2D eigenvalue weighted by atomic mass is 9.98. The van der Waals surface area contributed by atoms with Gasteiger partial charge in [0.15, 0.2) is 0 Å². The first-order valence-corrected chi connectivity index (χ1v) is 16.7. The molecule has 248 valence electrons. The first-order valence-electron chi connectivity index (χ1n) is 16.7. The molecule has 48 heavy (non-hydrogen) atoms. The van der Waals surface area contributed by atoms with Crippen molar-refractivity contribution in [2.45, 2.75) is 50.9 Å². The van der Waals surface area contributed by atoms with Crippen LogP contribution in [0, 0.1) is 11.6 Å². The molecular formula is C38H41F2N7O. The molecule has 0 amide bonds.